The molecule has 0 aromatic rings. The highest BCUT2D eigenvalue weighted by Gasteiger charge is 2.21. The van der Waals surface area contributed by atoms with Gasteiger partial charge in [-0.3, -0.25) is 9.59 Å². The van der Waals surface area contributed by atoms with E-state index in [1.165, 1.54) is 0 Å². The molecular formula is C12H23NO5. The lowest BCUT2D eigenvalue weighted by molar-refractivity contribution is -0.148. The molecule has 6 heteroatoms. The van der Waals surface area contributed by atoms with Gasteiger partial charge in [-0.25, -0.2) is 0 Å². The molecule has 0 aliphatic carbocycles. The summed E-state index contributed by atoms with van der Waals surface area (Å²) >= 11 is 0. The molecule has 106 valence electrons. The van der Waals surface area contributed by atoms with Gasteiger partial charge in [0.15, 0.2) is 6.29 Å². The Labute approximate surface area is 108 Å². The van der Waals surface area contributed by atoms with Crippen molar-refractivity contribution in [3.8, 4) is 0 Å². The zero-order valence-corrected chi connectivity index (χ0v) is 11.3. The molecule has 0 aromatic heterocycles. The Hall–Kier alpha value is -1.14. The number of carbonyl (C=O) groups excluding carboxylic acids is 1. The second-order valence-electron chi connectivity index (χ2n) is 3.79. The number of hydrogen-bond donors (Lipinski definition) is 2. The average molecular weight is 261 g/mol. The summed E-state index contributed by atoms with van der Waals surface area (Å²) in [7, 11) is 0. The van der Waals surface area contributed by atoms with E-state index in [0.717, 1.165) is 0 Å². The molecule has 0 saturated heterocycles. The van der Waals surface area contributed by atoms with Gasteiger partial charge in [0.1, 0.15) is 0 Å². The monoisotopic (exact) mass is 261 g/mol. The van der Waals surface area contributed by atoms with Crippen LogP contribution in [-0.4, -0.2) is 42.5 Å². The van der Waals surface area contributed by atoms with E-state index >= 15 is 0 Å². The van der Waals surface area contributed by atoms with E-state index < -0.39 is 18.3 Å². The van der Waals surface area contributed by atoms with Crippen LogP contribution < -0.4 is 5.32 Å². The standard InChI is InChI=1S/C12H23NO5/c1-4-10(14)13-9(7-11(15)16)8-12(17-5-2)18-6-3/h9,12H,4-8H2,1-3H3,(H,13,14)(H,15,16). The molecule has 0 heterocycles. The Morgan fingerprint density at radius 3 is 2.11 bits per heavy atom. The van der Waals surface area contributed by atoms with Crippen LogP contribution >= 0.6 is 0 Å². The maximum atomic E-state index is 11.3. The fourth-order valence-corrected chi connectivity index (χ4v) is 1.52. The smallest absolute Gasteiger partial charge is 0.305 e. The summed E-state index contributed by atoms with van der Waals surface area (Å²) in [6.07, 6.45) is 0.0353. The lowest BCUT2D eigenvalue weighted by atomic mass is 10.1. The van der Waals surface area contributed by atoms with Gasteiger partial charge in [-0.05, 0) is 13.8 Å². The predicted molar refractivity (Wildman–Crippen MR) is 66.1 cm³/mol. The Morgan fingerprint density at radius 2 is 1.72 bits per heavy atom. The minimum atomic E-state index is -0.955. The molecule has 2 N–H and O–H groups in total. The number of aliphatic carboxylic acids is 1. The van der Waals surface area contributed by atoms with Crippen LogP contribution in [-0.2, 0) is 19.1 Å². The van der Waals surface area contributed by atoms with Crippen LogP contribution in [0, 0.1) is 0 Å². The highest BCUT2D eigenvalue weighted by Crippen LogP contribution is 2.09. The third-order valence-corrected chi connectivity index (χ3v) is 2.29. The van der Waals surface area contributed by atoms with Gasteiger partial charge in [0, 0.05) is 32.1 Å². The maximum Gasteiger partial charge on any atom is 0.305 e. The van der Waals surface area contributed by atoms with Crippen molar-refractivity contribution in [3.05, 3.63) is 0 Å². The number of ether oxygens (including phenoxy) is 2. The van der Waals surface area contributed by atoms with Crippen molar-refractivity contribution in [2.24, 2.45) is 0 Å². The molecule has 18 heavy (non-hydrogen) atoms. The lowest BCUT2D eigenvalue weighted by Gasteiger charge is -2.23. The first-order valence-corrected chi connectivity index (χ1v) is 6.27. The zero-order valence-electron chi connectivity index (χ0n) is 11.3. The summed E-state index contributed by atoms with van der Waals surface area (Å²) in [6.45, 7) is 6.35. The summed E-state index contributed by atoms with van der Waals surface area (Å²) in [6, 6.07) is -0.474. The van der Waals surface area contributed by atoms with E-state index in [1.54, 1.807) is 6.92 Å². The van der Waals surface area contributed by atoms with Crippen molar-refractivity contribution >= 4 is 11.9 Å². The fraction of sp³-hybridized carbons (Fsp3) is 0.833. The molecule has 0 radical (unpaired) electrons. The summed E-state index contributed by atoms with van der Waals surface area (Å²) < 4.78 is 10.7. The van der Waals surface area contributed by atoms with Crippen LogP contribution in [0.15, 0.2) is 0 Å². The van der Waals surface area contributed by atoms with Crippen LogP contribution in [0.25, 0.3) is 0 Å². The van der Waals surface area contributed by atoms with Crippen LogP contribution in [0.1, 0.15) is 40.0 Å². The van der Waals surface area contributed by atoms with Gasteiger partial charge in [-0.15, -0.1) is 0 Å². The molecule has 0 aliphatic rings. The van der Waals surface area contributed by atoms with E-state index in [1.807, 2.05) is 13.8 Å². The van der Waals surface area contributed by atoms with E-state index in [0.29, 0.717) is 26.1 Å². The van der Waals surface area contributed by atoms with Gasteiger partial charge in [0.25, 0.3) is 0 Å². The zero-order chi connectivity index (χ0) is 14.0. The molecule has 0 aliphatic heterocycles. The molecule has 0 rings (SSSR count). The molecule has 0 saturated carbocycles. The Kier molecular flexibility index (Phi) is 9.22. The predicted octanol–water partition coefficient (Wildman–Crippen LogP) is 1.15. The Bertz CT molecular complexity index is 251. The van der Waals surface area contributed by atoms with Gasteiger partial charge >= 0.3 is 5.97 Å². The molecule has 0 fully saturated rings. The van der Waals surface area contributed by atoms with Crippen molar-refractivity contribution in [2.75, 3.05) is 13.2 Å². The minimum Gasteiger partial charge on any atom is -0.481 e. The van der Waals surface area contributed by atoms with Crippen molar-refractivity contribution in [1.82, 2.24) is 5.32 Å². The highest BCUT2D eigenvalue weighted by atomic mass is 16.7. The normalized spacial score (nSPS) is 12.4. The summed E-state index contributed by atoms with van der Waals surface area (Å²) in [5, 5.41) is 11.5. The first-order valence-electron chi connectivity index (χ1n) is 6.27. The van der Waals surface area contributed by atoms with Gasteiger partial charge in [0.2, 0.25) is 5.91 Å². The average Bonchev–Trinajstić information content (AvgIpc) is 2.28. The maximum absolute atomic E-state index is 11.3. The lowest BCUT2D eigenvalue weighted by Crippen LogP contribution is -2.39. The van der Waals surface area contributed by atoms with Crippen LogP contribution in [0.4, 0.5) is 0 Å². The van der Waals surface area contributed by atoms with Crippen LogP contribution in [0.2, 0.25) is 0 Å². The fourth-order valence-electron chi connectivity index (χ4n) is 1.52. The molecule has 1 atom stereocenters. The first-order chi connectivity index (χ1) is 8.53. The van der Waals surface area contributed by atoms with Gasteiger partial charge in [-0.1, -0.05) is 6.92 Å². The topological polar surface area (TPSA) is 84.9 Å². The third-order valence-electron chi connectivity index (χ3n) is 2.29. The number of hydrogen-bond acceptors (Lipinski definition) is 4. The summed E-state index contributed by atoms with van der Waals surface area (Å²) in [5.74, 6) is -1.13. The van der Waals surface area contributed by atoms with E-state index in [9.17, 15) is 9.59 Å². The number of carbonyl (C=O) groups is 2. The second kappa shape index (κ2) is 9.85. The van der Waals surface area contributed by atoms with E-state index in [4.69, 9.17) is 14.6 Å². The number of nitrogens with one attached hydrogen (secondary N) is 1. The number of amides is 1. The molecular weight excluding hydrogens is 238 g/mol. The second-order valence-corrected chi connectivity index (χ2v) is 3.79. The number of rotatable bonds is 10. The highest BCUT2D eigenvalue weighted by molar-refractivity contribution is 5.77. The van der Waals surface area contributed by atoms with Crippen LogP contribution in [0.5, 0.6) is 0 Å². The van der Waals surface area contributed by atoms with Gasteiger partial charge in [0.05, 0.1) is 6.42 Å². The third kappa shape index (κ3) is 8.03. The molecule has 1 unspecified atom stereocenters. The summed E-state index contributed by atoms with van der Waals surface area (Å²) in [5.41, 5.74) is 0. The SMILES string of the molecule is CCOC(CC(CC(=O)O)NC(=O)CC)OCC. The van der Waals surface area contributed by atoms with Crippen molar-refractivity contribution in [2.45, 2.75) is 52.4 Å². The molecule has 0 aromatic carbocycles. The minimum absolute atomic E-state index is 0.137. The number of carboxylic acid groups (broad SMARTS) is 1. The molecule has 0 spiro atoms. The number of carboxylic acids is 1. The molecule has 6 nitrogen and oxygen atoms in total. The van der Waals surface area contributed by atoms with Crippen molar-refractivity contribution < 1.29 is 24.2 Å². The van der Waals surface area contributed by atoms with E-state index in [2.05, 4.69) is 5.32 Å². The largest absolute Gasteiger partial charge is 0.481 e. The van der Waals surface area contributed by atoms with Gasteiger partial charge in [-0.2, -0.15) is 0 Å². The Balaban J connectivity index is 4.42. The summed E-state index contributed by atoms with van der Waals surface area (Å²) in [4.78, 5) is 22.1. The van der Waals surface area contributed by atoms with E-state index in [-0.39, 0.29) is 12.3 Å². The molecule has 0 bridgehead atoms. The van der Waals surface area contributed by atoms with Gasteiger partial charge < -0.3 is 19.9 Å². The Morgan fingerprint density at radius 1 is 1.17 bits per heavy atom. The van der Waals surface area contributed by atoms with Crippen molar-refractivity contribution in [3.63, 3.8) is 0 Å². The van der Waals surface area contributed by atoms with Crippen LogP contribution in [0.3, 0.4) is 0 Å². The van der Waals surface area contributed by atoms with Crippen molar-refractivity contribution in [1.29, 1.82) is 0 Å². The quantitative estimate of drug-likeness (QED) is 0.576. The first kappa shape index (κ1) is 16.9. The molecule has 1 amide bonds.